The number of carbonyl (C=O) groups excluding carboxylic acids is 1. The zero-order valence-corrected chi connectivity index (χ0v) is 20.0. The lowest BCUT2D eigenvalue weighted by Gasteiger charge is -2.11. The Morgan fingerprint density at radius 1 is 1.00 bits per heavy atom. The molecular weight excluding hydrogens is 482 g/mol. The number of hydrogen-bond acceptors (Lipinski definition) is 6. The third kappa shape index (κ3) is 5.45. The largest absolute Gasteiger partial charge is 0.467 e. The highest BCUT2D eigenvalue weighted by molar-refractivity contribution is 7.98. The molecule has 0 aliphatic rings. The second kappa shape index (κ2) is 10.6. The van der Waals surface area contributed by atoms with E-state index in [-0.39, 0.29) is 5.91 Å². The van der Waals surface area contributed by atoms with Crippen LogP contribution in [0.15, 0.2) is 101 Å². The van der Waals surface area contributed by atoms with Crippen molar-refractivity contribution in [3.63, 3.8) is 0 Å². The van der Waals surface area contributed by atoms with Crippen LogP contribution in [0.5, 0.6) is 0 Å². The minimum absolute atomic E-state index is 0.150. The van der Waals surface area contributed by atoms with Crippen LogP contribution in [0.1, 0.15) is 21.7 Å². The maximum Gasteiger partial charge on any atom is 0.251 e. The van der Waals surface area contributed by atoms with Crippen LogP contribution in [-0.2, 0) is 12.3 Å². The van der Waals surface area contributed by atoms with Gasteiger partial charge in [0.05, 0.1) is 18.5 Å². The number of furan rings is 1. The average molecular weight is 502 g/mol. The Kier molecular flexibility index (Phi) is 6.92. The molecular formula is C26H20ClN5O2S. The van der Waals surface area contributed by atoms with Crippen LogP contribution in [0.25, 0.3) is 17.1 Å². The Labute approximate surface area is 211 Å². The monoisotopic (exact) mass is 501 g/mol. The molecule has 0 fully saturated rings. The van der Waals surface area contributed by atoms with Gasteiger partial charge in [0.25, 0.3) is 5.91 Å². The highest BCUT2D eigenvalue weighted by atomic mass is 35.5. The Morgan fingerprint density at radius 2 is 1.83 bits per heavy atom. The first-order valence-electron chi connectivity index (χ1n) is 10.8. The van der Waals surface area contributed by atoms with E-state index >= 15 is 0 Å². The number of thioether (sulfide) groups is 1. The van der Waals surface area contributed by atoms with E-state index in [1.807, 2.05) is 71.3 Å². The number of halogens is 1. The predicted molar refractivity (Wildman–Crippen MR) is 135 cm³/mol. The Hall–Kier alpha value is -3.88. The summed E-state index contributed by atoms with van der Waals surface area (Å²) in [7, 11) is 0. The summed E-state index contributed by atoms with van der Waals surface area (Å²) in [5.41, 5.74) is 3.43. The Balaban J connectivity index is 1.32. The topological polar surface area (TPSA) is 85.8 Å². The lowest BCUT2D eigenvalue weighted by molar-refractivity contribution is 0.0948. The molecule has 5 rings (SSSR count). The van der Waals surface area contributed by atoms with Gasteiger partial charge in [-0.05, 0) is 60.2 Å². The molecule has 0 saturated carbocycles. The Morgan fingerprint density at radius 3 is 2.57 bits per heavy atom. The number of aromatic nitrogens is 4. The lowest BCUT2D eigenvalue weighted by atomic mass is 10.1. The van der Waals surface area contributed by atoms with E-state index < -0.39 is 0 Å². The molecule has 0 radical (unpaired) electrons. The van der Waals surface area contributed by atoms with Gasteiger partial charge in [-0.1, -0.05) is 41.6 Å². The maximum absolute atomic E-state index is 12.4. The predicted octanol–water partition coefficient (Wildman–Crippen LogP) is 5.80. The fraction of sp³-hybridized carbons (Fsp3) is 0.0769. The second-order valence-corrected chi connectivity index (χ2v) is 8.98. The summed E-state index contributed by atoms with van der Waals surface area (Å²) in [6.45, 7) is 0.350. The number of nitrogens with zero attached hydrogens (tertiary/aromatic N) is 4. The van der Waals surface area contributed by atoms with E-state index in [1.54, 1.807) is 36.5 Å². The molecule has 1 N–H and O–H groups in total. The minimum Gasteiger partial charge on any atom is -0.467 e. The van der Waals surface area contributed by atoms with Crippen molar-refractivity contribution < 1.29 is 9.21 Å². The van der Waals surface area contributed by atoms with Gasteiger partial charge in [-0.3, -0.25) is 14.3 Å². The van der Waals surface area contributed by atoms with Crippen LogP contribution in [0.2, 0.25) is 5.02 Å². The zero-order chi connectivity index (χ0) is 24.0. The summed E-state index contributed by atoms with van der Waals surface area (Å²) in [5, 5.41) is 13.1. The fourth-order valence-corrected chi connectivity index (χ4v) is 4.57. The molecule has 35 heavy (non-hydrogen) atoms. The van der Waals surface area contributed by atoms with E-state index in [1.165, 1.54) is 0 Å². The molecule has 0 atom stereocenters. The van der Waals surface area contributed by atoms with Crippen LogP contribution in [0, 0.1) is 0 Å². The van der Waals surface area contributed by atoms with E-state index in [0.29, 0.717) is 34.5 Å². The fourth-order valence-electron chi connectivity index (χ4n) is 3.48. The van der Waals surface area contributed by atoms with Crippen molar-refractivity contribution in [3.05, 3.63) is 113 Å². The molecule has 0 bridgehead atoms. The third-order valence-corrected chi connectivity index (χ3v) is 6.46. The highest BCUT2D eigenvalue weighted by Gasteiger charge is 2.17. The zero-order valence-electron chi connectivity index (χ0n) is 18.5. The summed E-state index contributed by atoms with van der Waals surface area (Å²) < 4.78 is 7.24. The van der Waals surface area contributed by atoms with E-state index in [2.05, 4.69) is 20.5 Å². The number of rotatable bonds is 8. The molecule has 0 saturated heterocycles. The van der Waals surface area contributed by atoms with Gasteiger partial charge < -0.3 is 9.73 Å². The number of pyridine rings is 1. The van der Waals surface area contributed by atoms with Gasteiger partial charge in [-0.2, -0.15) is 0 Å². The first-order valence-corrected chi connectivity index (χ1v) is 12.2. The van der Waals surface area contributed by atoms with Crippen molar-refractivity contribution in [2.75, 3.05) is 0 Å². The molecule has 1 amide bonds. The third-order valence-electron chi connectivity index (χ3n) is 5.23. The van der Waals surface area contributed by atoms with Crippen molar-refractivity contribution in [3.8, 4) is 17.1 Å². The molecule has 0 spiro atoms. The Bertz CT molecular complexity index is 1420. The highest BCUT2D eigenvalue weighted by Crippen LogP contribution is 2.30. The van der Waals surface area contributed by atoms with Crippen LogP contribution < -0.4 is 5.32 Å². The van der Waals surface area contributed by atoms with Crippen LogP contribution in [-0.4, -0.2) is 25.7 Å². The molecule has 174 valence electrons. The smallest absolute Gasteiger partial charge is 0.251 e. The van der Waals surface area contributed by atoms with Crippen molar-refractivity contribution in [1.82, 2.24) is 25.1 Å². The first kappa shape index (κ1) is 22.9. The lowest BCUT2D eigenvalue weighted by Crippen LogP contribution is -2.22. The van der Waals surface area contributed by atoms with Crippen molar-refractivity contribution in [1.29, 1.82) is 0 Å². The number of benzene rings is 2. The van der Waals surface area contributed by atoms with E-state index in [4.69, 9.17) is 16.0 Å². The SMILES string of the molecule is O=C(NCc1ccco1)c1ccc(CSc2nnc(-c3ccncc3)n2-c2cccc(Cl)c2)cc1. The summed E-state index contributed by atoms with van der Waals surface area (Å²) >= 11 is 7.83. The summed E-state index contributed by atoms with van der Waals surface area (Å²) in [6.07, 6.45) is 5.04. The van der Waals surface area contributed by atoms with Gasteiger partial charge in [0, 0.05) is 34.3 Å². The number of hydrogen-bond donors (Lipinski definition) is 1. The average Bonchev–Trinajstić information content (AvgIpc) is 3.57. The van der Waals surface area contributed by atoms with Crippen molar-refractivity contribution in [2.45, 2.75) is 17.5 Å². The molecule has 3 aromatic heterocycles. The van der Waals surface area contributed by atoms with Gasteiger partial charge in [0.2, 0.25) is 0 Å². The van der Waals surface area contributed by atoms with Gasteiger partial charge in [0.15, 0.2) is 11.0 Å². The van der Waals surface area contributed by atoms with Gasteiger partial charge >= 0.3 is 0 Å². The van der Waals surface area contributed by atoms with Gasteiger partial charge in [0.1, 0.15) is 5.76 Å². The molecule has 5 aromatic rings. The van der Waals surface area contributed by atoms with Crippen LogP contribution in [0.3, 0.4) is 0 Å². The minimum atomic E-state index is -0.150. The summed E-state index contributed by atoms with van der Waals surface area (Å²) in [4.78, 5) is 16.5. The molecule has 0 aliphatic carbocycles. The van der Waals surface area contributed by atoms with E-state index in [9.17, 15) is 4.79 Å². The van der Waals surface area contributed by atoms with Gasteiger partial charge in [-0.15, -0.1) is 10.2 Å². The number of carbonyl (C=O) groups is 1. The first-order chi connectivity index (χ1) is 17.2. The second-order valence-electron chi connectivity index (χ2n) is 7.60. The van der Waals surface area contributed by atoms with Crippen LogP contribution >= 0.6 is 23.4 Å². The van der Waals surface area contributed by atoms with Crippen molar-refractivity contribution in [2.24, 2.45) is 0 Å². The quantitative estimate of drug-likeness (QED) is 0.270. The number of nitrogens with one attached hydrogen (secondary N) is 1. The van der Waals surface area contributed by atoms with Gasteiger partial charge in [-0.25, -0.2) is 0 Å². The summed E-state index contributed by atoms with van der Waals surface area (Å²) in [5.74, 6) is 1.92. The molecule has 9 heteroatoms. The maximum atomic E-state index is 12.4. The van der Waals surface area contributed by atoms with Crippen molar-refractivity contribution >= 4 is 29.3 Å². The standard InChI is InChI=1S/C26H20ClN5O2S/c27-21-3-1-4-22(15-21)32-24(19-10-12-28-13-11-19)30-31-26(32)35-17-18-6-8-20(9-7-18)25(33)29-16-23-5-2-14-34-23/h1-15H,16-17H2,(H,29,33). The summed E-state index contributed by atoms with van der Waals surface area (Å²) in [6, 6.07) is 22.5. The molecule has 2 aromatic carbocycles. The molecule has 0 unspecified atom stereocenters. The molecule has 0 aliphatic heterocycles. The van der Waals surface area contributed by atoms with E-state index in [0.717, 1.165) is 22.0 Å². The molecule has 7 nitrogen and oxygen atoms in total. The number of amides is 1. The molecule has 3 heterocycles. The normalized spacial score (nSPS) is 10.9. The van der Waals surface area contributed by atoms with Crippen LogP contribution in [0.4, 0.5) is 0 Å².